The number of ether oxygens (including phenoxy) is 1. The molecule has 2 bridgehead atoms. The lowest BCUT2D eigenvalue weighted by Gasteiger charge is -2.86. The molecule has 0 radical (unpaired) electrons. The van der Waals surface area contributed by atoms with Crippen LogP contribution in [0.15, 0.2) is 66.7 Å². The van der Waals surface area contributed by atoms with Gasteiger partial charge in [-0.3, -0.25) is 4.79 Å². The Morgan fingerprint density at radius 2 is 1.65 bits per heavy atom. The molecule has 4 aliphatic rings. The lowest BCUT2D eigenvalue weighted by Crippen LogP contribution is -2.82. The van der Waals surface area contributed by atoms with Gasteiger partial charge in [0.25, 0.3) is 5.91 Å². The molecule has 6 nitrogen and oxygen atoms in total. The molecule has 4 aliphatic carbocycles. The van der Waals surface area contributed by atoms with Crippen molar-refractivity contribution in [3.63, 3.8) is 0 Å². The van der Waals surface area contributed by atoms with Crippen molar-refractivity contribution in [2.75, 3.05) is 17.2 Å². The van der Waals surface area contributed by atoms with Crippen molar-refractivity contribution in [1.29, 1.82) is 0 Å². The minimum absolute atomic E-state index is 0.142. The normalized spacial score (nSPS) is 32.7. The van der Waals surface area contributed by atoms with E-state index in [1.54, 1.807) is 37.3 Å². The van der Waals surface area contributed by atoms with Crippen LogP contribution >= 0.6 is 0 Å². The molecule has 4 fully saturated rings. The van der Waals surface area contributed by atoms with E-state index >= 15 is 0 Å². The van der Waals surface area contributed by atoms with Crippen molar-refractivity contribution in [2.45, 2.75) is 64.7 Å². The van der Waals surface area contributed by atoms with Crippen LogP contribution in [0.25, 0.3) is 0 Å². The van der Waals surface area contributed by atoms with Crippen LogP contribution in [0.1, 0.15) is 85.7 Å². The highest BCUT2D eigenvalue weighted by molar-refractivity contribution is 6.04. The molecule has 40 heavy (non-hydrogen) atoms. The van der Waals surface area contributed by atoms with E-state index in [4.69, 9.17) is 4.74 Å². The van der Waals surface area contributed by atoms with Gasteiger partial charge in [0, 0.05) is 22.4 Å². The molecule has 206 valence electrons. The van der Waals surface area contributed by atoms with E-state index in [1.165, 1.54) is 44.1 Å². The fourth-order valence-electron chi connectivity index (χ4n) is 10.0. The monoisotopic (exact) mass is 535 g/mol. The first-order chi connectivity index (χ1) is 19.2. The number of esters is 1. The van der Waals surface area contributed by atoms with Gasteiger partial charge in [0.2, 0.25) is 0 Å². The third kappa shape index (κ3) is 3.25. The molecule has 1 aromatic heterocycles. The molecule has 5 unspecified atom stereocenters. The topological polar surface area (TPSA) is 80.3 Å². The quantitative estimate of drug-likeness (QED) is 0.306. The molecule has 5 atom stereocenters. The number of anilines is 3. The Kier molecular flexibility index (Phi) is 5.48. The van der Waals surface area contributed by atoms with Gasteiger partial charge in [-0.15, -0.1) is 0 Å². The highest BCUT2D eigenvalue weighted by atomic mass is 16.5. The number of pyridine rings is 1. The van der Waals surface area contributed by atoms with Gasteiger partial charge in [-0.2, -0.15) is 0 Å². The Bertz CT molecular complexity index is 1500. The van der Waals surface area contributed by atoms with E-state index in [-0.39, 0.29) is 11.6 Å². The Morgan fingerprint density at radius 3 is 2.40 bits per heavy atom. The van der Waals surface area contributed by atoms with Crippen LogP contribution < -0.4 is 10.6 Å². The Hall–Kier alpha value is -3.67. The third-order valence-corrected chi connectivity index (χ3v) is 11.3. The van der Waals surface area contributed by atoms with Crippen molar-refractivity contribution in [3.8, 4) is 0 Å². The summed E-state index contributed by atoms with van der Waals surface area (Å²) < 4.78 is 5.02. The van der Waals surface area contributed by atoms with E-state index in [9.17, 15) is 9.59 Å². The van der Waals surface area contributed by atoms with Gasteiger partial charge in [-0.25, -0.2) is 9.78 Å². The van der Waals surface area contributed by atoms with Crippen LogP contribution in [0.2, 0.25) is 0 Å². The molecule has 7 rings (SSSR count). The molecule has 2 N–H and O–H groups in total. The third-order valence-electron chi connectivity index (χ3n) is 11.3. The maximum atomic E-state index is 13.0. The zero-order valence-electron chi connectivity index (χ0n) is 23.5. The van der Waals surface area contributed by atoms with E-state index in [0.29, 0.717) is 39.6 Å². The molecule has 1 spiro atoms. The molecule has 3 aromatic rings. The number of carbonyl (C=O) groups excluding carboxylic acids is 2. The van der Waals surface area contributed by atoms with Crippen LogP contribution in [0.4, 0.5) is 17.2 Å². The van der Waals surface area contributed by atoms with Crippen molar-refractivity contribution >= 4 is 29.1 Å². The van der Waals surface area contributed by atoms with Gasteiger partial charge in [0.15, 0.2) is 5.69 Å². The molecule has 2 aromatic carbocycles. The number of nitrogens with zero attached hydrogens (tertiary/aromatic N) is 1. The minimum atomic E-state index is -0.455. The summed E-state index contributed by atoms with van der Waals surface area (Å²) >= 11 is 0. The van der Waals surface area contributed by atoms with Crippen molar-refractivity contribution in [1.82, 2.24) is 4.98 Å². The highest BCUT2D eigenvalue weighted by Gasteiger charge is 2.88. The molecule has 1 heterocycles. The van der Waals surface area contributed by atoms with Gasteiger partial charge in [-0.1, -0.05) is 32.0 Å². The first-order valence-corrected chi connectivity index (χ1v) is 14.7. The Labute approximate surface area is 235 Å². The maximum Gasteiger partial charge on any atom is 0.356 e. The summed E-state index contributed by atoms with van der Waals surface area (Å²) in [6.45, 7) is 7.22. The number of rotatable bonds is 7. The zero-order chi connectivity index (χ0) is 27.8. The largest absolute Gasteiger partial charge is 0.461 e. The van der Waals surface area contributed by atoms with Gasteiger partial charge in [0.05, 0.1) is 6.61 Å². The summed E-state index contributed by atoms with van der Waals surface area (Å²) in [6.07, 6.45) is 8.26. The predicted molar refractivity (Wildman–Crippen MR) is 156 cm³/mol. The van der Waals surface area contributed by atoms with Crippen LogP contribution in [-0.4, -0.2) is 23.5 Å². The first kappa shape index (κ1) is 25.3. The molecular weight excluding hydrogens is 498 g/mol. The van der Waals surface area contributed by atoms with E-state index in [0.717, 1.165) is 17.3 Å². The summed E-state index contributed by atoms with van der Waals surface area (Å²) in [6, 6.07) is 21.1. The number of nitrogens with one attached hydrogen (secondary N) is 2. The number of benzene rings is 2. The molecule has 4 saturated carbocycles. The fourth-order valence-corrected chi connectivity index (χ4v) is 10.0. The summed E-state index contributed by atoms with van der Waals surface area (Å²) in [5.74, 6) is 0.850. The molecule has 0 saturated heterocycles. The summed E-state index contributed by atoms with van der Waals surface area (Å²) in [5.41, 5.74) is 5.72. The van der Waals surface area contributed by atoms with Crippen molar-refractivity contribution < 1.29 is 14.3 Å². The Morgan fingerprint density at radius 1 is 0.925 bits per heavy atom. The highest BCUT2D eigenvalue weighted by Crippen LogP contribution is 2.94. The standard InChI is InChI=1S/C34H37N3O3/c1-4-40-30(39)27-6-5-7-28(37-27)35-25-12-8-22(9-13-25)29(38)36-26-14-10-24(11-15-26)33-20-31(2)18-16-23-17-19-34(31,33)32(23,3)21-33/h5-15,23H,4,16-21H2,1-3H3,(H,35,37)(H,36,38). The molecule has 1 amide bonds. The van der Waals surface area contributed by atoms with Crippen LogP contribution in [0.5, 0.6) is 0 Å². The van der Waals surface area contributed by atoms with Gasteiger partial charge in [-0.05, 0) is 122 Å². The lowest BCUT2D eigenvalue weighted by atomic mass is 9.17. The number of aromatic nitrogens is 1. The zero-order valence-corrected chi connectivity index (χ0v) is 23.5. The second-order valence-corrected chi connectivity index (χ2v) is 13.0. The summed E-state index contributed by atoms with van der Waals surface area (Å²) in [5, 5.41) is 6.24. The van der Waals surface area contributed by atoms with E-state index < -0.39 is 5.97 Å². The van der Waals surface area contributed by atoms with Crippen LogP contribution in [0.3, 0.4) is 0 Å². The first-order valence-electron chi connectivity index (χ1n) is 14.7. The van der Waals surface area contributed by atoms with Gasteiger partial charge < -0.3 is 15.4 Å². The number of hydrogen-bond acceptors (Lipinski definition) is 5. The Balaban J connectivity index is 1.01. The lowest BCUT2D eigenvalue weighted by molar-refractivity contribution is -0.340. The average Bonchev–Trinajstić information content (AvgIpc) is 3.12. The summed E-state index contributed by atoms with van der Waals surface area (Å²) in [4.78, 5) is 29.3. The van der Waals surface area contributed by atoms with E-state index in [1.807, 2.05) is 12.1 Å². The number of hydrogen-bond donors (Lipinski definition) is 2. The molecular formula is C34H37N3O3. The van der Waals surface area contributed by atoms with Gasteiger partial charge >= 0.3 is 5.97 Å². The van der Waals surface area contributed by atoms with Crippen LogP contribution in [0, 0.1) is 22.2 Å². The molecule has 0 aliphatic heterocycles. The second-order valence-electron chi connectivity index (χ2n) is 13.0. The number of amides is 1. The average molecular weight is 536 g/mol. The molecule has 6 heteroatoms. The predicted octanol–water partition coefficient (Wildman–Crippen LogP) is 7.50. The fraction of sp³-hybridized carbons (Fsp3) is 0.441. The smallest absolute Gasteiger partial charge is 0.356 e. The summed E-state index contributed by atoms with van der Waals surface area (Å²) in [7, 11) is 0. The minimum Gasteiger partial charge on any atom is -0.461 e. The van der Waals surface area contributed by atoms with Crippen molar-refractivity contribution in [2.24, 2.45) is 22.2 Å². The van der Waals surface area contributed by atoms with E-state index in [2.05, 4.69) is 53.7 Å². The van der Waals surface area contributed by atoms with Crippen molar-refractivity contribution in [3.05, 3.63) is 83.6 Å². The SMILES string of the molecule is CCOC(=O)c1cccc(Nc2ccc(C(=O)Nc3ccc(C45CC6(C)CCC7CCC64C7(C)C5)cc3)cc2)n1. The number of carbonyl (C=O) groups is 2. The van der Waals surface area contributed by atoms with Gasteiger partial charge in [0.1, 0.15) is 5.82 Å². The van der Waals surface area contributed by atoms with Crippen LogP contribution in [-0.2, 0) is 10.2 Å². The maximum absolute atomic E-state index is 13.0. The second kappa shape index (κ2) is 8.66.